The molecule has 0 spiro atoms. The van der Waals surface area contributed by atoms with Gasteiger partial charge in [0, 0.05) is 5.39 Å². The number of benzene rings is 2. The lowest BCUT2D eigenvalue weighted by Gasteiger charge is -2.18. The van der Waals surface area contributed by atoms with Crippen LogP contribution in [0.15, 0.2) is 35.2 Å². The summed E-state index contributed by atoms with van der Waals surface area (Å²) in [5.74, 6) is 1.02. The van der Waals surface area contributed by atoms with E-state index >= 15 is 0 Å². The largest absolute Gasteiger partial charge is 0.295 e. The zero-order valence-corrected chi connectivity index (χ0v) is 15.9. The van der Waals surface area contributed by atoms with E-state index in [1.807, 2.05) is 18.2 Å². The standard InChI is InChI=1S/C20H28O3S/c1-14(2)9-11-17-13-16-7-5-6-8-18(16)20(24(21,22)23)19(17)12-10-15(3)4/h5-8,13-15H,9-12H2,1-4H3,(H,21,22,23). The highest BCUT2D eigenvalue weighted by molar-refractivity contribution is 7.86. The number of hydrogen-bond donors (Lipinski definition) is 1. The van der Waals surface area contributed by atoms with Crippen molar-refractivity contribution in [2.75, 3.05) is 0 Å². The topological polar surface area (TPSA) is 54.4 Å². The fourth-order valence-electron chi connectivity index (χ4n) is 3.08. The third-order valence-electron chi connectivity index (χ3n) is 4.42. The Hall–Kier alpha value is -1.39. The summed E-state index contributed by atoms with van der Waals surface area (Å²) in [5, 5.41) is 1.49. The van der Waals surface area contributed by atoms with Gasteiger partial charge in [-0.2, -0.15) is 8.42 Å². The molecule has 0 aliphatic rings. The first kappa shape index (κ1) is 18.9. The number of aryl methyl sites for hydroxylation is 1. The molecule has 2 aromatic carbocycles. The molecule has 0 atom stereocenters. The van der Waals surface area contributed by atoms with Crippen molar-refractivity contribution in [2.24, 2.45) is 11.8 Å². The maximum absolute atomic E-state index is 12.2. The Bertz CT molecular complexity index is 805. The zero-order chi connectivity index (χ0) is 17.9. The van der Waals surface area contributed by atoms with Crippen LogP contribution in [0.5, 0.6) is 0 Å². The van der Waals surface area contributed by atoms with E-state index in [2.05, 4.69) is 33.8 Å². The minimum absolute atomic E-state index is 0.111. The van der Waals surface area contributed by atoms with Gasteiger partial charge in [-0.05, 0) is 54.0 Å². The molecule has 0 aromatic heterocycles. The van der Waals surface area contributed by atoms with Crippen molar-refractivity contribution < 1.29 is 13.0 Å². The lowest BCUT2D eigenvalue weighted by atomic mass is 9.91. The van der Waals surface area contributed by atoms with Gasteiger partial charge in [0.25, 0.3) is 10.1 Å². The first-order valence-corrected chi connectivity index (χ1v) is 10.1. The van der Waals surface area contributed by atoms with E-state index in [1.54, 1.807) is 6.07 Å². The second-order valence-electron chi connectivity index (χ2n) is 7.40. The minimum atomic E-state index is -4.27. The van der Waals surface area contributed by atoms with Crippen molar-refractivity contribution in [3.63, 3.8) is 0 Å². The Labute approximate surface area is 145 Å². The summed E-state index contributed by atoms with van der Waals surface area (Å²) >= 11 is 0. The van der Waals surface area contributed by atoms with Crippen LogP contribution >= 0.6 is 0 Å². The molecule has 0 saturated heterocycles. The molecule has 1 N–H and O–H groups in total. The summed E-state index contributed by atoms with van der Waals surface area (Å²) in [7, 11) is -4.27. The summed E-state index contributed by atoms with van der Waals surface area (Å²) in [5.41, 5.74) is 1.85. The summed E-state index contributed by atoms with van der Waals surface area (Å²) in [6.45, 7) is 8.58. The van der Waals surface area contributed by atoms with Gasteiger partial charge in [0.05, 0.1) is 0 Å². The molecule has 0 saturated carbocycles. The van der Waals surface area contributed by atoms with Crippen LogP contribution in [-0.4, -0.2) is 13.0 Å². The third-order valence-corrected chi connectivity index (χ3v) is 5.40. The minimum Gasteiger partial charge on any atom is -0.282 e. The number of fused-ring (bicyclic) bond motifs is 1. The molecular formula is C20H28O3S. The Balaban J connectivity index is 2.70. The Morgan fingerprint density at radius 2 is 1.54 bits per heavy atom. The van der Waals surface area contributed by atoms with E-state index in [0.717, 1.165) is 35.8 Å². The monoisotopic (exact) mass is 348 g/mol. The third kappa shape index (κ3) is 4.58. The van der Waals surface area contributed by atoms with Crippen LogP contribution < -0.4 is 0 Å². The molecule has 0 fully saturated rings. The fraction of sp³-hybridized carbons (Fsp3) is 0.500. The Morgan fingerprint density at radius 3 is 2.12 bits per heavy atom. The second kappa shape index (κ2) is 7.66. The van der Waals surface area contributed by atoms with Gasteiger partial charge in [0.15, 0.2) is 0 Å². The quantitative estimate of drug-likeness (QED) is 0.694. The first-order chi connectivity index (χ1) is 11.2. The van der Waals surface area contributed by atoms with E-state index in [9.17, 15) is 13.0 Å². The van der Waals surface area contributed by atoms with Crippen molar-refractivity contribution in [3.05, 3.63) is 41.5 Å². The van der Waals surface area contributed by atoms with Crippen LogP contribution in [0.2, 0.25) is 0 Å². The van der Waals surface area contributed by atoms with Crippen molar-refractivity contribution >= 4 is 20.9 Å². The fourth-order valence-corrected chi connectivity index (χ4v) is 4.09. The average Bonchev–Trinajstić information content (AvgIpc) is 2.48. The predicted octanol–water partition coefficient (Wildman–Crippen LogP) is 5.26. The number of hydrogen-bond acceptors (Lipinski definition) is 2. The molecule has 0 aliphatic heterocycles. The lowest BCUT2D eigenvalue weighted by molar-refractivity contribution is 0.481. The van der Waals surface area contributed by atoms with Crippen LogP contribution in [0, 0.1) is 11.8 Å². The Kier molecular flexibility index (Phi) is 6.05. The summed E-state index contributed by atoms with van der Waals surface area (Å²) in [6, 6.07) is 9.51. The van der Waals surface area contributed by atoms with Crippen LogP contribution in [-0.2, 0) is 23.0 Å². The molecule has 4 heteroatoms. The molecule has 132 valence electrons. The average molecular weight is 349 g/mol. The zero-order valence-electron chi connectivity index (χ0n) is 15.0. The van der Waals surface area contributed by atoms with E-state index in [1.165, 1.54) is 0 Å². The van der Waals surface area contributed by atoms with Gasteiger partial charge in [0.1, 0.15) is 4.90 Å². The molecule has 0 heterocycles. The molecule has 2 rings (SSSR count). The van der Waals surface area contributed by atoms with Gasteiger partial charge < -0.3 is 0 Å². The van der Waals surface area contributed by atoms with Gasteiger partial charge in [-0.25, -0.2) is 0 Å². The molecular weight excluding hydrogens is 320 g/mol. The lowest BCUT2D eigenvalue weighted by Crippen LogP contribution is -2.09. The molecule has 0 bridgehead atoms. The van der Waals surface area contributed by atoms with Crippen molar-refractivity contribution in [2.45, 2.75) is 58.3 Å². The summed E-state index contributed by atoms with van der Waals surface area (Å²) < 4.78 is 34.2. The highest BCUT2D eigenvalue weighted by atomic mass is 32.2. The molecule has 0 aliphatic carbocycles. The molecule has 0 amide bonds. The van der Waals surface area contributed by atoms with Gasteiger partial charge in [-0.3, -0.25) is 4.55 Å². The number of rotatable bonds is 7. The van der Waals surface area contributed by atoms with Crippen LogP contribution in [0.3, 0.4) is 0 Å². The highest BCUT2D eigenvalue weighted by Gasteiger charge is 2.22. The molecule has 3 nitrogen and oxygen atoms in total. The Morgan fingerprint density at radius 1 is 0.958 bits per heavy atom. The molecule has 0 radical (unpaired) electrons. The maximum atomic E-state index is 12.2. The SMILES string of the molecule is CC(C)CCc1cc2ccccc2c(S(=O)(=O)O)c1CCC(C)C. The smallest absolute Gasteiger partial charge is 0.282 e. The first-order valence-electron chi connectivity index (χ1n) is 8.71. The van der Waals surface area contributed by atoms with Crippen molar-refractivity contribution in [1.29, 1.82) is 0 Å². The van der Waals surface area contributed by atoms with Crippen LogP contribution in [0.4, 0.5) is 0 Å². The van der Waals surface area contributed by atoms with E-state index in [0.29, 0.717) is 23.6 Å². The van der Waals surface area contributed by atoms with Crippen LogP contribution in [0.1, 0.15) is 51.7 Å². The van der Waals surface area contributed by atoms with E-state index in [-0.39, 0.29) is 4.90 Å². The van der Waals surface area contributed by atoms with Crippen LogP contribution in [0.25, 0.3) is 10.8 Å². The molecule has 24 heavy (non-hydrogen) atoms. The summed E-state index contributed by atoms with van der Waals surface area (Å²) in [4.78, 5) is 0.111. The van der Waals surface area contributed by atoms with Gasteiger partial charge in [0.2, 0.25) is 0 Å². The molecule has 2 aromatic rings. The van der Waals surface area contributed by atoms with Crippen molar-refractivity contribution in [3.8, 4) is 0 Å². The molecule has 0 unspecified atom stereocenters. The predicted molar refractivity (Wildman–Crippen MR) is 100 cm³/mol. The summed E-state index contributed by atoms with van der Waals surface area (Å²) in [6.07, 6.45) is 3.40. The second-order valence-corrected chi connectivity index (χ2v) is 8.76. The van der Waals surface area contributed by atoms with Gasteiger partial charge in [-0.1, -0.05) is 58.0 Å². The normalized spacial score (nSPS) is 12.5. The van der Waals surface area contributed by atoms with E-state index in [4.69, 9.17) is 0 Å². The highest BCUT2D eigenvalue weighted by Crippen LogP contribution is 2.32. The van der Waals surface area contributed by atoms with Gasteiger partial charge >= 0.3 is 0 Å². The van der Waals surface area contributed by atoms with E-state index < -0.39 is 10.1 Å². The van der Waals surface area contributed by atoms with Gasteiger partial charge in [-0.15, -0.1) is 0 Å². The maximum Gasteiger partial charge on any atom is 0.295 e. The van der Waals surface area contributed by atoms with Crippen molar-refractivity contribution in [1.82, 2.24) is 0 Å².